The van der Waals surface area contributed by atoms with Crippen molar-refractivity contribution >= 4 is 23.4 Å². The first-order chi connectivity index (χ1) is 10.5. The lowest BCUT2D eigenvalue weighted by atomic mass is 10.1. The molecule has 0 saturated heterocycles. The van der Waals surface area contributed by atoms with Crippen molar-refractivity contribution in [3.8, 4) is 0 Å². The Morgan fingerprint density at radius 2 is 2.09 bits per heavy atom. The lowest BCUT2D eigenvalue weighted by molar-refractivity contribution is -0.137. The molecular formula is C14H14FN3O4. The third-order valence-electron chi connectivity index (χ3n) is 3.06. The van der Waals surface area contributed by atoms with Gasteiger partial charge in [-0.05, 0) is 18.2 Å². The van der Waals surface area contributed by atoms with E-state index in [9.17, 15) is 18.8 Å². The van der Waals surface area contributed by atoms with E-state index < -0.39 is 23.5 Å². The maximum absolute atomic E-state index is 13.8. The molecule has 1 aromatic rings. The Morgan fingerprint density at radius 3 is 2.73 bits per heavy atom. The van der Waals surface area contributed by atoms with Gasteiger partial charge in [-0.25, -0.2) is 4.39 Å². The number of amides is 3. The molecular weight excluding hydrogens is 293 g/mol. The number of carbonyl (C=O) groups excluding carboxylic acids is 3. The summed E-state index contributed by atoms with van der Waals surface area (Å²) in [5.41, 5.74) is -0.0123. The number of halogens is 1. The van der Waals surface area contributed by atoms with Gasteiger partial charge in [0.1, 0.15) is 11.5 Å². The SMILES string of the molecule is CNC(=O)c1ccc(F)c(NC2=CC(=O)N(CCO)C2=O)c1. The summed E-state index contributed by atoms with van der Waals surface area (Å²) in [7, 11) is 1.44. The smallest absolute Gasteiger partial charge is 0.277 e. The van der Waals surface area contributed by atoms with E-state index in [2.05, 4.69) is 10.6 Å². The van der Waals surface area contributed by atoms with Crippen molar-refractivity contribution in [3.63, 3.8) is 0 Å². The standard InChI is InChI=1S/C14H14FN3O4/c1-16-13(21)8-2-3-9(15)10(6-8)17-11-7-12(20)18(4-5-19)14(11)22/h2-3,6-7,17,19H,4-5H2,1H3,(H,16,21). The summed E-state index contributed by atoms with van der Waals surface area (Å²) in [6.45, 7) is -0.501. The molecule has 0 spiro atoms. The summed E-state index contributed by atoms with van der Waals surface area (Å²) < 4.78 is 13.8. The summed E-state index contributed by atoms with van der Waals surface area (Å²) in [5, 5.41) is 13.7. The number of hydrogen-bond acceptors (Lipinski definition) is 5. The molecule has 0 fully saturated rings. The van der Waals surface area contributed by atoms with Gasteiger partial charge in [0, 0.05) is 18.7 Å². The molecule has 0 radical (unpaired) electrons. The minimum Gasteiger partial charge on any atom is -0.395 e. The minimum absolute atomic E-state index is 0.0978. The van der Waals surface area contributed by atoms with Crippen LogP contribution in [0.15, 0.2) is 30.0 Å². The molecule has 8 heteroatoms. The number of β-amino-alcohol motifs (C(OH)–C–C–N with tert-alkyl or cyclic N) is 1. The summed E-state index contributed by atoms with van der Waals surface area (Å²) in [6.07, 6.45) is 1.02. The molecule has 0 atom stereocenters. The van der Waals surface area contributed by atoms with Gasteiger partial charge in [-0.3, -0.25) is 19.3 Å². The van der Waals surface area contributed by atoms with Crippen molar-refractivity contribution in [1.82, 2.24) is 10.2 Å². The molecule has 1 aliphatic heterocycles. The van der Waals surface area contributed by atoms with Crippen molar-refractivity contribution < 1.29 is 23.9 Å². The molecule has 1 aliphatic rings. The molecule has 0 unspecified atom stereocenters. The normalized spacial score (nSPS) is 14.1. The van der Waals surface area contributed by atoms with Crippen LogP contribution in [0.2, 0.25) is 0 Å². The van der Waals surface area contributed by atoms with Crippen LogP contribution in [0.25, 0.3) is 0 Å². The second-order valence-corrected chi connectivity index (χ2v) is 4.48. The molecule has 2 rings (SSSR count). The van der Waals surface area contributed by atoms with Gasteiger partial charge in [-0.15, -0.1) is 0 Å². The van der Waals surface area contributed by atoms with Crippen LogP contribution in [-0.2, 0) is 9.59 Å². The Morgan fingerprint density at radius 1 is 1.36 bits per heavy atom. The lowest BCUT2D eigenvalue weighted by Crippen LogP contribution is -2.34. The minimum atomic E-state index is -0.672. The molecule has 0 bridgehead atoms. The number of hydrogen-bond donors (Lipinski definition) is 3. The Balaban J connectivity index is 2.24. The number of benzene rings is 1. The van der Waals surface area contributed by atoms with E-state index in [0.717, 1.165) is 17.0 Å². The summed E-state index contributed by atoms with van der Waals surface area (Å²) in [4.78, 5) is 35.9. The predicted molar refractivity (Wildman–Crippen MR) is 75.3 cm³/mol. The van der Waals surface area contributed by atoms with Crippen molar-refractivity contribution in [2.75, 3.05) is 25.5 Å². The fourth-order valence-electron chi connectivity index (χ4n) is 1.96. The third-order valence-corrected chi connectivity index (χ3v) is 3.06. The number of aliphatic hydroxyl groups is 1. The number of anilines is 1. The van der Waals surface area contributed by atoms with Crippen molar-refractivity contribution in [1.29, 1.82) is 0 Å². The lowest BCUT2D eigenvalue weighted by Gasteiger charge is -2.14. The number of carbonyl (C=O) groups is 3. The van der Waals surface area contributed by atoms with Crippen LogP contribution >= 0.6 is 0 Å². The van der Waals surface area contributed by atoms with Crippen LogP contribution in [0.1, 0.15) is 10.4 Å². The Hall–Kier alpha value is -2.74. The van der Waals surface area contributed by atoms with Crippen molar-refractivity contribution in [3.05, 3.63) is 41.4 Å². The van der Waals surface area contributed by atoms with Gasteiger partial charge in [0.05, 0.1) is 18.8 Å². The largest absolute Gasteiger partial charge is 0.395 e. The Labute approximate surface area is 125 Å². The quantitative estimate of drug-likeness (QED) is 0.657. The molecule has 3 amide bonds. The maximum Gasteiger partial charge on any atom is 0.277 e. The van der Waals surface area contributed by atoms with Crippen molar-refractivity contribution in [2.24, 2.45) is 0 Å². The first kappa shape index (κ1) is 15.6. The summed E-state index contributed by atoms with van der Waals surface area (Å²) in [6, 6.07) is 3.62. The Kier molecular flexibility index (Phi) is 4.52. The third kappa shape index (κ3) is 2.96. The van der Waals surface area contributed by atoms with E-state index in [0.29, 0.717) is 0 Å². The monoisotopic (exact) mass is 307 g/mol. The molecule has 1 aromatic carbocycles. The van der Waals surface area contributed by atoms with E-state index in [1.165, 1.54) is 19.2 Å². The van der Waals surface area contributed by atoms with E-state index in [-0.39, 0.29) is 30.1 Å². The fourth-order valence-corrected chi connectivity index (χ4v) is 1.96. The van der Waals surface area contributed by atoms with Crippen LogP contribution in [0.4, 0.5) is 10.1 Å². The highest BCUT2D eigenvalue weighted by Crippen LogP contribution is 2.21. The fraction of sp³-hybridized carbons (Fsp3) is 0.214. The summed E-state index contributed by atoms with van der Waals surface area (Å²) >= 11 is 0. The molecule has 116 valence electrons. The van der Waals surface area contributed by atoms with Gasteiger partial charge in [0.25, 0.3) is 17.7 Å². The van der Waals surface area contributed by atoms with Crippen LogP contribution < -0.4 is 10.6 Å². The molecule has 0 saturated carbocycles. The Bertz CT molecular complexity index is 672. The molecule has 1 heterocycles. The van der Waals surface area contributed by atoms with E-state index >= 15 is 0 Å². The van der Waals surface area contributed by atoms with Gasteiger partial charge < -0.3 is 15.7 Å². The van der Waals surface area contributed by atoms with Crippen LogP contribution in [0.3, 0.4) is 0 Å². The highest BCUT2D eigenvalue weighted by Gasteiger charge is 2.31. The van der Waals surface area contributed by atoms with Gasteiger partial charge >= 0.3 is 0 Å². The zero-order valence-corrected chi connectivity index (χ0v) is 11.7. The number of nitrogens with one attached hydrogen (secondary N) is 2. The average Bonchev–Trinajstić information content (AvgIpc) is 2.76. The highest BCUT2D eigenvalue weighted by atomic mass is 19.1. The van der Waals surface area contributed by atoms with Crippen molar-refractivity contribution in [2.45, 2.75) is 0 Å². The van der Waals surface area contributed by atoms with E-state index in [4.69, 9.17) is 5.11 Å². The molecule has 0 aromatic heterocycles. The number of aliphatic hydroxyl groups excluding tert-OH is 1. The summed E-state index contributed by atoms with van der Waals surface area (Å²) in [5.74, 6) is -2.34. The van der Waals surface area contributed by atoms with Crippen LogP contribution in [0.5, 0.6) is 0 Å². The van der Waals surface area contributed by atoms with Gasteiger partial charge in [-0.1, -0.05) is 0 Å². The predicted octanol–water partition coefficient (Wildman–Crippen LogP) is -0.158. The van der Waals surface area contributed by atoms with Crippen LogP contribution in [-0.4, -0.2) is 47.9 Å². The number of rotatable bonds is 5. The van der Waals surface area contributed by atoms with E-state index in [1.54, 1.807) is 0 Å². The van der Waals surface area contributed by atoms with Gasteiger partial charge in [0.2, 0.25) is 0 Å². The maximum atomic E-state index is 13.8. The van der Waals surface area contributed by atoms with Gasteiger partial charge in [0.15, 0.2) is 0 Å². The molecule has 22 heavy (non-hydrogen) atoms. The van der Waals surface area contributed by atoms with E-state index in [1.807, 2.05) is 0 Å². The first-order valence-corrected chi connectivity index (χ1v) is 6.45. The van der Waals surface area contributed by atoms with Gasteiger partial charge in [-0.2, -0.15) is 0 Å². The zero-order valence-electron chi connectivity index (χ0n) is 11.7. The average molecular weight is 307 g/mol. The molecule has 0 aliphatic carbocycles. The second-order valence-electron chi connectivity index (χ2n) is 4.48. The second kappa shape index (κ2) is 6.35. The van der Waals surface area contributed by atoms with Crippen LogP contribution in [0, 0.1) is 5.82 Å². The topological polar surface area (TPSA) is 98.7 Å². The first-order valence-electron chi connectivity index (χ1n) is 6.45. The number of nitrogens with zero attached hydrogens (tertiary/aromatic N) is 1. The molecule has 3 N–H and O–H groups in total. The highest BCUT2D eigenvalue weighted by molar-refractivity contribution is 6.17. The number of imide groups is 1. The zero-order chi connectivity index (χ0) is 16.3. The molecule has 7 nitrogen and oxygen atoms in total.